The molecule has 0 aliphatic heterocycles. The first kappa shape index (κ1) is 15.9. The predicted octanol–water partition coefficient (Wildman–Crippen LogP) is 7.39. The molecule has 0 amide bonds. The van der Waals surface area contributed by atoms with E-state index in [9.17, 15) is 0 Å². The minimum Gasteiger partial charge on any atom is -0.0622 e. The van der Waals surface area contributed by atoms with Gasteiger partial charge in [0.2, 0.25) is 0 Å². The van der Waals surface area contributed by atoms with E-state index >= 15 is 0 Å². The van der Waals surface area contributed by atoms with Crippen LogP contribution in [-0.2, 0) is 0 Å². The molecule has 0 bridgehead atoms. The van der Waals surface area contributed by atoms with Crippen LogP contribution in [0.3, 0.4) is 0 Å². The van der Waals surface area contributed by atoms with Gasteiger partial charge in [0.25, 0.3) is 0 Å². The van der Waals surface area contributed by atoms with E-state index in [1.807, 2.05) is 46.3 Å². The molecule has 19 heavy (non-hydrogen) atoms. The highest BCUT2D eigenvalue weighted by Gasteiger charge is 1.98. The van der Waals surface area contributed by atoms with Crippen LogP contribution in [0.4, 0.5) is 0 Å². The van der Waals surface area contributed by atoms with Crippen molar-refractivity contribution < 1.29 is 0 Å². The second-order valence-electron chi connectivity index (χ2n) is 3.56. The highest BCUT2D eigenvalue weighted by Crippen LogP contribution is 2.55. The lowest BCUT2D eigenvalue weighted by molar-refractivity contribution is 1.38. The summed E-state index contributed by atoms with van der Waals surface area (Å²) in [6, 6.07) is 19.1. The summed E-state index contributed by atoms with van der Waals surface area (Å²) < 4.78 is 0. The Hall–Kier alpha value is 0.540. The number of hydrogen-bond donors (Lipinski definition) is 0. The lowest BCUT2D eigenvalue weighted by Gasteiger charge is -2.00. The molecular weight excluding hydrogens is 349 g/mol. The zero-order valence-electron chi connectivity index (χ0n) is 10.1. The molecule has 0 saturated carbocycles. The highest BCUT2D eigenvalue weighted by molar-refractivity contribution is 9.41. The van der Waals surface area contributed by atoms with E-state index in [1.165, 1.54) is 15.4 Å². The summed E-state index contributed by atoms with van der Waals surface area (Å²) in [7, 11) is 10.9. The molecule has 0 aromatic heterocycles. The Balaban J connectivity index is 1.56. The van der Waals surface area contributed by atoms with Gasteiger partial charge in [0.15, 0.2) is 0 Å². The third-order valence-corrected chi connectivity index (χ3v) is 12.6. The number of benzene rings is 2. The van der Waals surface area contributed by atoms with Crippen molar-refractivity contribution in [1.82, 2.24) is 0 Å². The van der Waals surface area contributed by atoms with Gasteiger partial charge < -0.3 is 0 Å². The number of rotatable bonds is 7. The van der Waals surface area contributed by atoms with Crippen LogP contribution in [0.15, 0.2) is 64.4 Å². The molecule has 2 rings (SSSR count). The second kappa shape index (κ2) is 9.47. The normalized spacial score (nSPS) is 10.6. The van der Waals surface area contributed by atoms with Crippen LogP contribution in [0, 0.1) is 6.92 Å². The molecule has 100 valence electrons. The number of hydrogen-bond acceptors (Lipinski definition) is 6. The zero-order valence-corrected chi connectivity index (χ0v) is 15.0. The van der Waals surface area contributed by atoms with E-state index in [1.54, 1.807) is 20.6 Å². The maximum absolute atomic E-state index is 2.17. The van der Waals surface area contributed by atoms with Crippen LogP contribution in [0.5, 0.6) is 0 Å². The van der Waals surface area contributed by atoms with Gasteiger partial charge in [-0.15, -0.1) is 0 Å². The van der Waals surface area contributed by atoms with Gasteiger partial charge in [-0.3, -0.25) is 0 Å². The Labute approximate surface area is 137 Å². The minimum absolute atomic E-state index is 1.30. The van der Waals surface area contributed by atoms with Crippen molar-refractivity contribution in [1.29, 1.82) is 0 Å². The van der Waals surface area contributed by atoms with E-state index in [0.29, 0.717) is 0 Å². The summed E-state index contributed by atoms with van der Waals surface area (Å²) in [5.74, 6) is 0. The Bertz CT molecular complexity index is 470. The summed E-state index contributed by atoms with van der Waals surface area (Å²) in [6.07, 6.45) is 0. The maximum atomic E-state index is 2.17. The fourth-order valence-corrected chi connectivity index (χ4v) is 12.1. The third kappa shape index (κ3) is 6.69. The Morgan fingerprint density at radius 1 is 0.579 bits per heavy atom. The van der Waals surface area contributed by atoms with Crippen molar-refractivity contribution in [3.63, 3.8) is 0 Å². The van der Waals surface area contributed by atoms with Gasteiger partial charge in [-0.05, 0) is 92.1 Å². The van der Waals surface area contributed by atoms with Gasteiger partial charge in [-0.25, -0.2) is 0 Å². The molecule has 0 heterocycles. The Kier molecular flexibility index (Phi) is 7.94. The molecule has 0 spiro atoms. The first-order valence-corrected chi connectivity index (χ1v) is 13.0. The summed E-state index contributed by atoms with van der Waals surface area (Å²) in [4.78, 5) is 2.61. The molecule has 0 radical (unpaired) electrons. The molecular formula is C13H12S6. The minimum atomic E-state index is 1.30. The maximum Gasteiger partial charge on any atom is 0.0191 e. The number of aryl methyl sites for hydroxylation is 1. The monoisotopic (exact) mass is 360 g/mol. The van der Waals surface area contributed by atoms with Crippen molar-refractivity contribution in [2.24, 2.45) is 0 Å². The van der Waals surface area contributed by atoms with E-state index < -0.39 is 0 Å². The van der Waals surface area contributed by atoms with Crippen molar-refractivity contribution in [2.75, 3.05) is 0 Å². The van der Waals surface area contributed by atoms with Crippen molar-refractivity contribution in [3.8, 4) is 0 Å². The molecule has 0 aliphatic carbocycles. The molecule has 0 aliphatic rings. The molecule has 2 aromatic carbocycles. The molecule has 0 nitrogen and oxygen atoms in total. The average Bonchev–Trinajstić information content (AvgIpc) is 2.46. The zero-order chi connectivity index (χ0) is 13.3. The van der Waals surface area contributed by atoms with Gasteiger partial charge in [0.05, 0.1) is 0 Å². The molecule has 0 N–H and O–H groups in total. The van der Waals surface area contributed by atoms with E-state index in [-0.39, 0.29) is 0 Å². The second-order valence-corrected chi connectivity index (χ2v) is 12.9. The van der Waals surface area contributed by atoms with Gasteiger partial charge >= 0.3 is 0 Å². The Morgan fingerprint density at radius 3 is 1.68 bits per heavy atom. The first-order chi connectivity index (χ1) is 9.34. The highest BCUT2D eigenvalue weighted by atomic mass is 33.9. The van der Waals surface area contributed by atoms with Crippen LogP contribution >= 0.6 is 60.9 Å². The van der Waals surface area contributed by atoms with Crippen LogP contribution in [0.25, 0.3) is 0 Å². The van der Waals surface area contributed by atoms with E-state index in [2.05, 4.69) is 55.5 Å². The average molecular weight is 361 g/mol. The van der Waals surface area contributed by atoms with E-state index in [0.717, 1.165) is 0 Å². The fraction of sp³-hybridized carbons (Fsp3) is 0.0769. The van der Waals surface area contributed by atoms with Crippen LogP contribution in [0.2, 0.25) is 0 Å². The summed E-state index contributed by atoms with van der Waals surface area (Å²) >= 11 is 0. The summed E-state index contributed by atoms with van der Waals surface area (Å²) in [5, 5.41) is 0. The van der Waals surface area contributed by atoms with Gasteiger partial charge in [0, 0.05) is 9.79 Å². The van der Waals surface area contributed by atoms with Crippen molar-refractivity contribution in [3.05, 3.63) is 60.2 Å². The quantitative estimate of drug-likeness (QED) is 0.370. The van der Waals surface area contributed by atoms with Crippen molar-refractivity contribution in [2.45, 2.75) is 16.7 Å². The summed E-state index contributed by atoms with van der Waals surface area (Å²) in [6.45, 7) is 2.11. The van der Waals surface area contributed by atoms with Crippen LogP contribution in [0.1, 0.15) is 5.56 Å². The SMILES string of the molecule is Cc1ccc(SSSSSSc2ccccc2)cc1. The smallest absolute Gasteiger partial charge is 0.0191 e. The standard InChI is InChI=1S/C13H12S6/c1-11-7-9-13(10-8-11)15-17-19-18-16-14-12-5-3-2-4-6-12/h2-10H,1H3. The van der Waals surface area contributed by atoms with Gasteiger partial charge in [-0.1, -0.05) is 35.9 Å². The van der Waals surface area contributed by atoms with E-state index in [4.69, 9.17) is 0 Å². The summed E-state index contributed by atoms with van der Waals surface area (Å²) in [5.41, 5.74) is 1.31. The molecule has 0 atom stereocenters. The predicted molar refractivity (Wildman–Crippen MR) is 99.7 cm³/mol. The topological polar surface area (TPSA) is 0 Å². The van der Waals surface area contributed by atoms with Gasteiger partial charge in [0.1, 0.15) is 0 Å². The Morgan fingerprint density at radius 2 is 1.11 bits per heavy atom. The fourth-order valence-electron chi connectivity index (χ4n) is 1.20. The molecule has 0 fully saturated rings. The lowest BCUT2D eigenvalue weighted by Crippen LogP contribution is -1.69. The largest absolute Gasteiger partial charge is 0.0622 e. The molecule has 6 heteroatoms. The third-order valence-electron chi connectivity index (χ3n) is 2.11. The van der Waals surface area contributed by atoms with Crippen molar-refractivity contribution >= 4 is 60.9 Å². The molecule has 0 saturated heterocycles. The molecule has 2 aromatic rings. The first-order valence-electron chi connectivity index (χ1n) is 5.47. The van der Waals surface area contributed by atoms with Crippen LogP contribution in [-0.4, -0.2) is 0 Å². The molecule has 0 unspecified atom stereocenters. The van der Waals surface area contributed by atoms with Gasteiger partial charge in [-0.2, -0.15) is 0 Å². The van der Waals surface area contributed by atoms with Crippen LogP contribution < -0.4 is 0 Å². The lowest BCUT2D eigenvalue weighted by atomic mass is 10.2.